The van der Waals surface area contributed by atoms with Crippen molar-refractivity contribution in [2.24, 2.45) is 0 Å². The van der Waals surface area contributed by atoms with E-state index in [1.165, 1.54) is 0 Å². The van der Waals surface area contributed by atoms with Crippen LogP contribution in [0.3, 0.4) is 0 Å². The van der Waals surface area contributed by atoms with Gasteiger partial charge in [-0.1, -0.05) is 35.9 Å². The van der Waals surface area contributed by atoms with E-state index in [0.717, 1.165) is 17.7 Å². The number of halogens is 1. The second-order valence-electron chi connectivity index (χ2n) is 10.9. The molecule has 2 aromatic carbocycles. The highest BCUT2D eigenvalue weighted by Gasteiger charge is 2.49. The van der Waals surface area contributed by atoms with E-state index in [1.54, 1.807) is 18.2 Å². The standard InChI is InChI=1S/C29H35ClO13/c30-18-6-3-14(10-15(18)9-13-1-4-16(5-2-13)41-17-7-8-39-11-17)26-23(34)21(32)20(31)19(42-26)12-40-29-25(36)22(33)24(35)27(43-29)28(37)38/h1-6,10,17,19-27,29,31-36H,7-9,11-12H2,(H,37,38)/t17-,19+,20+,21-,22-,23+,24-,25+,26-,27-,29?/m0/s1. The van der Waals surface area contributed by atoms with Crippen LogP contribution in [0.1, 0.15) is 29.2 Å². The van der Waals surface area contributed by atoms with Gasteiger partial charge in [-0.05, 0) is 41.3 Å². The van der Waals surface area contributed by atoms with Crippen LogP contribution in [0.2, 0.25) is 5.02 Å². The van der Waals surface area contributed by atoms with Crippen LogP contribution >= 0.6 is 11.6 Å². The number of carboxylic acid groups (broad SMARTS) is 1. The fraction of sp³-hybridized carbons (Fsp3) is 0.552. The largest absolute Gasteiger partial charge is 0.488 e. The molecule has 43 heavy (non-hydrogen) atoms. The summed E-state index contributed by atoms with van der Waals surface area (Å²) in [4.78, 5) is 11.4. The summed E-state index contributed by atoms with van der Waals surface area (Å²) in [6.07, 6.45) is -15.0. The zero-order valence-electron chi connectivity index (χ0n) is 22.9. The Morgan fingerprint density at radius 3 is 2.28 bits per heavy atom. The molecule has 0 bridgehead atoms. The molecule has 11 atom stereocenters. The first-order valence-corrected chi connectivity index (χ1v) is 14.3. The molecule has 1 unspecified atom stereocenters. The number of aliphatic carboxylic acids is 1. The van der Waals surface area contributed by atoms with Crippen molar-refractivity contribution in [1.82, 2.24) is 0 Å². The molecular formula is C29H35ClO13. The number of aliphatic hydroxyl groups excluding tert-OH is 6. The van der Waals surface area contributed by atoms with E-state index in [0.29, 0.717) is 35.8 Å². The molecule has 14 heteroatoms. The Kier molecular flexibility index (Phi) is 10.2. The third-order valence-electron chi connectivity index (χ3n) is 7.86. The van der Waals surface area contributed by atoms with Crippen molar-refractivity contribution in [1.29, 1.82) is 0 Å². The van der Waals surface area contributed by atoms with Crippen molar-refractivity contribution in [3.63, 3.8) is 0 Å². The molecule has 236 valence electrons. The third-order valence-corrected chi connectivity index (χ3v) is 8.23. The van der Waals surface area contributed by atoms with Gasteiger partial charge in [0.2, 0.25) is 0 Å². The molecule has 3 saturated heterocycles. The molecule has 0 radical (unpaired) electrons. The monoisotopic (exact) mass is 626 g/mol. The Morgan fingerprint density at radius 2 is 1.60 bits per heavy atom. The SMILES string of the molecule is O=C(O)[C@H]1OC(OC[C@H]2O[C@@H](c3ccc(Cl)c(Cc4ccc(O[C@H]5CCOC5)cc4)c3)[C@H](O)[C@@H](O)[C@@H]2O)[C@H](O)[C@@H](O)[C@@H]1O. The molecule has 0 spiro atoms. The smallest absolute Gasteiger partial charge is 0.335 e. The lowest BCUT2D eigenvalue weighted by atomic mass is 9.90. The van der Waals surface area contributed by atoms with E-state index in [4.69, 9.17) is 35.3 Å². The van der Waals surface area contributed by atoms with Gasteiger partial charge in [0.1, 0.15) is 60.7 Å². The first-order valence-electron chi connectivity index (χ1n) is 13.9. The number of benzene rings is 2. The van der Waals surface area contributed by atoms with Crippen molar-refractivity contribution >= 4 is 17.6 Å². The Morgan fingerprint density at radius 1 is 0.884 bits per heavy atom. The molecule has 3 aliphatic heterocycles. The second kappa shape index (κ2) is 13.7. The number of carbonyl (C=O) groups is 1. The fourth-order valence-corrected chi connectivity index (χ4v) is 5.54. The summed E-state index contributed by atoms with van der Waals surface area (Å²) in [7, 11) is 0. The minimum atomic E-state index is -1.90. The molecule has 0 aromatic heterocycles. The molecule has 0 aliphatic carbocycles. The summed E-state index contributed by atoms with van der Waals surface area (Å²) in [5.41, 5.74) is 2.12. The predicted octanol–water partition coefficient (Wildman–Crippen LogP) is -0.470. The highest BCUT2D eigenvalue weighted by molar-refractivity contribution is 6.31. The van der Waals surface area contributed by atoms with Crippen LogP contribution in [0.25, 0.3) is 0 Å². The highest BCUT2D eigenvalue weighted by atomic mass is 35.5. The summed E-state index contributed by atoms with van der Waals surface area (Å²) in [6, 6.07) is 12.5. The van der Waals surface area contributed by atoms with Gasteiger partial charge in [0, 0.05) is 11.4 Å². The van der Waals surface area contributed by atoms with Gasteiger partial charge >= 0.3 is 5.97 Å². The van der Waals surface area contributed by atoms with Gasteiger partial charge in [-0.2, -0.15) is 0 Å². The van der Waals surface area contributed by atoms with Crippen LogP contribution < -0.4 is 4.74 Å². The lowest BCUT2D eigenvalue weighted by molar-refractivity contribution is -0.308. The van der Waals surface area contributed by atoms with Crippen LogP contribution in [0.15, 0.2) is 42.5 Å². The fourth-order valence-electron chi connectivity index (χ4n) is 5.35. The maximum absolute atomic E-state index is 11.4. The Balaban J connectivity index is 1.26. The molecule has 0 amide bonds. The average molecular weight is 627 g/mol. The maximum Gasteiger partial charge on any atom is 0.335 e. The van der Waals surface area contributed by atoms with Crippen LogP contribution in [-0.2, 0) is 30.2 Å². The topological polar surface area (TPSA) is 205 Å². The van der Waals surface area contributed by atoms with Gasteiger partial charge in [-0.3, -0.25) is 0 Å². The number of aliphatic hydroxyl groups is 6. The number of carboxylic acids is 1. The molecule has 2 aromatic rings. The minimum Gasteiger partial charge on any atom is -0.488 e. The molecule has 7 N–H and O–H groups in total. The van der Waals surface area contributed by atoms with Gasteiger partial charge < -0.3 is 59.4 Å². The lowest BCUT2D eigenvalue weighted by Gasteiger charge is -2.42. The Labute approximate surface area is 251 Å². The Bertz CT molecular complexity index is 1240. The molecule has 3 aliphatic rings. The van der Waals surface area contributed by atoms with E-state index < -0.39 is 73.8 Å². The van der Waals surface area contributed by atoms with Gasteiger partial charge in [0.25, 0.3) is 0 Å². The van der Waals surface area contributed by atoms with E-state index in [2.05, 4.69) is 0 Å². The summed E-state index contributed by atoms with van der Waals surface area (Å²) < 4.78 is 27.7. The zero-order valence-corrected chi connectivity index (χ0v) is 23.6. The third kappa shape index (κ3) is 7.13. The summed E-state index contributed by atoms with van der Waals surface area (Å²) >= 11 is 6.48. The molecule has 3 fully saturated rings. The van der Waals surface area contributed by atoms with Gasteiger partial charge in [-0.25, -0.2) is 4.79 Å². The van der Waals surface area contributed by atoms with Crippen LogP contribution in [0.5, 0.6) is 5.75 Å². The number of ether oxygens (including phenoxy) is 5. The van der Waals surface area contributed by atoms with Gasteiger partial charge in [-0.15, -0.1) is 0 Å². The van der Waals surface area contributed by atoms with Crippen LogP contribution in [0.4, 0.5) is 0 Å². The van der Waals surface area contributed by atoms with E-state index >= 15 is 0 Å². The average Bonchev–Trinajstić information content (AvgIpc) is 3.50. The lowest BCUT2D eigenvalue weighted by Crippen LogP contribution is -2.61. The van der Waals surface area contributed by atoms with Crippen molar-refractivity contribution in [2.45, 2.75) is 80.2 Å². The first-order chi connectivity index (χ1) is 20.5. The normalized spacial score (nSPS) is 36.4. The number of hydrogen-bond donors (Lipinski definition) is 7. The van der Waals surface area contributed by atoms with Crippen molar-refractivity contribution < 1.29 is 64.2 Å². The van der Waals surface area contributed by atoms with Crippen LogP contribution in [0, 0.1) is 0 Å². The van der Waals surface area contributed by atoms with Crippen molar-refractivity contribution in [2.75, 3.05) is 19.8 Å². The highest BCUT2D eigenvalue weighted by Crippen LogP contribution is 2.35. The first kappa shape index (κ1) is 32.0. The quantitative estimate of drug-likeness (QED) is 0.188. The molecule has 3 heterocycles. The van der Waals surface area contributed by atoms with Crippen LogP contribution in [-0.4, -0.2) is 123 Å². The Hall–Kier alpha value is -2.40. The zero-order chi connectivity index (χ0) is 30.8. The van der Waals surface area contributed by atoms with Gasteiger partial charge in [0.15, 0.2) is 12.4 Å². The summed E-state index contributed by atoms with van der Waals surface area (Å²) in [5, 5.41) is 71.7. The number of rotatable bonds is 9. The molecular weight excluding hydrogens is 592 g/mol. The molecule has 0 saturated carbocycles. The predicted molar refractivity (Wildman–Crippen MR) is 146 cm³/mol. The summed E-state index contributed by atoms with van der Waals surface area (Å²) in [6.45, 7) is 0.716. The maximum atomic E-state index is 11.4. The van der Waals surface area contributed by atoms with E-state index in [9.17, 15) is 40.5 Å². The summed E-state index contributed by atoms with van der Waals surface area (Å²) in [5.74, 6) is -0.851. The molecule has 13 nitrogen and oxygen atoms in total. The minimum absolute atomic E-state index is 0.0309. The van der Waals surface area contributed by atoms with E-state index in [1.807, 2.05) is 24.3 Å². The van der Waals surface area contributed by atoms with E-state index in [-0.39, 0.29) is 6.10 Å². The second-order valence-corrected chi connectivity index (χ2v) is 11.3. The van der Waals surface area contributed by atoms with Crippen molar-refractivity contribution in [3.8, 4) is 5.75 Å². The number of hydrogen-bond acceptors (Lipinski definition) is 12. The van der Waals surface area contributed by atoms with Crippen molar-refractivity contribution in [3.05, 3.63) is 64.2 Å². The molecule has 5 rings (SSSR count). The van der Waals surface area contributed by atoms with Gasteiger partial charge in [0.05, 0.1) is 19.8 Å².